The number of benzene rings is 3. The van der Waals surface area contributed by atoms with Gasteiger partial charge in [0.1, 0.15) is 11.5 Å². The van der Waals surface area contributed by atoms with Gasteiger partial charge in [-0.3, -0.25) is 0 Å². The highest BCUT2D eigenvalue weighted by Gasteiger charge is 2.21. The highest BCUT2D eigenvalue weighted by atomic mass is 35.5. The molecule has 0 atom stereocenters. The van der Waals surface area contributed by atoms with Crippen molar-refractivity contribution in [2.75, 3.05) is 0 Å². The molecule has 3 rings (SSSR count). The molecule has 0 heterocycles. The first-order valence-electron chi connectivity index (χ1n) is 7.23. The third-order valence-corrected chi connectivity index (χ3v) is 4.95. The average molecular weight is 485 g/mol. The van der Waals surface area contributed by atoms with Crippen LogP contribution in [0.1, 0.15) is 0 Å². The summed E-state index contributed by atoms with van der Waals surface area (Å²) in [6.07, 6.45) is 0. The molecule has 0 aliphatic heterocycles. The first-order valence-corrected chi connectivity index (χ1v) is 9.50. The van der Waals surface area contributed by atoms with Crippen LogP contribution >= 0.6 is 69.6 Å². The standard InChI is InChI=1S/C18H8Cl6O3/c19-8-1-3-14(10(21)5-8)26-17-12(23)7-13(24)18(16(17)25)27-15-4-2-9(20)6-11(15)22/h1-7,25H. The minimum absolute atomic E-state index is 0.0538. The van der Waals surface area contributed by atoms with Gasteiger partial charge in [0.15, 0.2) is 11.5 Å². The van der Waals surface area contributed by atoms with Crippen LogP contribution in [0.3, 0.4) is 0 Å². The Kier molecular flexibility index (Phi) is 6.42. The Labute approximate surface area is 184 Å². The number of halogens is 6. The molecular weight excluding hydrogens is 477 g/mol. The summed E-state index contributed by atoms with van der Waals surface area (Å²) in [4.78, 5) is 0. The lowest BCUT2D eigenvalue weighted by molar-refractivity contribution is 0.378. The maximum atomic E-state index is 10.6. The molecule has 0 unspecified atom stereocenters. The molecule has 1 N–H and O–H groups in total. The van der Waals surface area contributed by atoms with E-state index in [1.165, 1.54) is 30.3 Å². The first-order chi connectivity index (χ1) is 12.8. The van der Waals surface area contributed by atoms with Crippen molar-refractivity contribution in [3.63, 3.8) is 0 Å². The fourth-order valence-corrected chi connectivity index (χ4v) is 3.53. The lowest BCUT2D eigenvalue weighted by Gasteiger charge is -2.16. The summed E-state index contributed by atoms with van der Waals surface area (Å²) in [5.41, 5.74) is 0. The van der Waals surface area contributed by atoms with Crippen LogP contribution in [0.25, 0.3) is 0 Å². The van der Waals surface area contributed by atoms with Gasteiger partial charge in [-0.05, 0) is 42.5 Å². The molecule has 0 amide bonds. The Bertz CT molecular complexity index is 945. The van der Waals surface area contributed by atoms with Crippen molar-refractivity contribution in [3.05, 3.63) is 72.6 Å². The van der Waals surface area contributed by atoms with Crippen LogP contribution in [0.4, 0.5) is 0 Å². The van der Waals surface area contributed by atoms with Crippen LogP contribution in [-0.4, -0.2) is 5.11 Å². The molecule has 27 heavy (non-hydrogen) atoms. The fourth-order valence-electron chi connectivity index (χ4n) is 2.10. The van der Waals surface area contributed by atoms with Gasteiger partial charge in [0.05, 0.1) is 20.1 Å². The van der Waals surface area contributed by atoms with Crippen LogP contribution in [0, 0.1) is 0 Å². The highest BCUT2D eigenvalue weighted by Crippen LogP contribution is 2.50. The number of phenolic OH excluding ortho intramolecular Hbond substituents is 1. The van der Waals surface area contributed by atoms with Crippen molar-refractivity contribution < 1.29 is 14.6 Å². The molecule has 0 aliphatic rings. The van der Waals surface area contributed by atoms with Gasteiger partial charge in [-0.1, -0.05) is 69.6 Å². The average Bonchev–Trinajstić information content (AvgIpc) is 2.58. The summed E-state index contributed by atoms with van der Waals surface area (Å²) >= 11 is 36.3. The smallest absolute Gasteiger partial charge is 0.205 e. The first kappa shape index (κ1) is 20.5. The van der Waals surface area contributed by atoms with Gasteiger partial charge in [0.25, 0.3) is 0 Å². The van der Waals surface area contributed by atoms with Gasteiger partial charge in [0, 0.05) is 10.0 Å². The molecule has 3 aromatic rings. The molecule has 0 aliphatic carbocycles. The monoisotopic (exact) mass is 482 g/mol. The molecule has 0 spiro atoms. The van der Waals surface area contributed by atoms with Gasteiger partial charge in [0.2, 0.25) is 5.75 Å². The van der Waals surface area contributed by atoms with Crippen LogP contribution in [0.2, 0.25) is 30.1 Å². The number of rotatable bonds is 4. The zero-order valence-corrected chi connectivity index (χ0v) is 17.6. The molecule has 0 radical (unpaired) electrons. The molecule has 0 bridgehead atoms. The zero-order chi connectivity index (χ0) is 19.7. The van der Waals surface area contributed by atoms with Crippen molar-refractivity contribution in [2.45, 2.75) is 0 Å². The second kappa shape index (κ2) is 8.44. The Morgan fingerprint density at radius 1 is 0.556 bits per heavy atom. The van der Waals surface area contributed by atoms with E-state index in [2.05, 4.69) is 0 Å². The number of ether oxygens (including phenoxy) is 2. The number of phenols is 1. The van der Waals surface area contributed by atoms with Gasteiger partial charge >= 0.3 is 0 Å². The van der Waals surface area contributed by atoms with E-state index >= 15 is 0 Å². The van der Waals surface area contributed by atoms with Crippen LogP contribution in [0.5, 0.6) is 28.7 Å². The van der Waals surface area contributed by atoms with E-state index in [-0.39, 0.29) is 43.1 Å². The van der Waals surface area contributed by atoms with Gasteiger partial charge in [-0.15, -0.1) is 0 Å². The van der Waals surface area contributed by atoms with E-state index in [1.807, 2.05) is 0 Å². The van der Waals surface area contributed by atoms with Crippen molar-refractivity contribution in [1.29, 1.82) is 0 Å². The van der Waals surface area contributed by atoms with Gasteiger partial charge in [-0.25, -0.2) is 0 Å². The van der Waals surface area contributed by atoms with Crippen LogP contribution < -0.4 is 9.47 Å². The summed E-state index contributed by atoms with van der Waals surface area (Å²) in [7, 11) is 0. The summed E-state index contributed by atoms with van der Waals surface area (Å²) in [6.45, 7) is 0. The lowest BCUT2D eigenvalue weighted by atomic mass is 10.2. The highest BCUT2D eigenvalue weighted by molar-refractivity contribution is 6.38. The number of hydrogen-bond donors (Lipinski definition) is 1. The van der Waals surface area contributed by atoms with Crippen molar-refractivity contribution >= 4 is 69.6 Å². The summed E-state index contributed by atoms with van der Waals surface area (Å²) in [6, 6.07) is 10.6. The third-order valence-electron chi connectivity index (χ3n) is 3.33. The molecule has 3 nitrogen and oxygen atoms in total. The molecule has 3 aromatic carbocycles. The summed E-state index contributed by atoms with van der Waals surface area (Å²) in [5, 5.41) is 12.0. The Morgan fingerprint density at radius 2 is 0.963 bits per heavy atom. The second-order valence-electron chi connectivity index (χ2n) is 5.20. The van der Waals surface area contributed by atoms with E-state index < -0.39 is 5.75 Å². The maximum absolute atomic E-state index is 10.6. The number of hydrogen-bond acceptors (Lipinski definition) is 3. The maximum Gasteiger partial charge on any atom is 0.205 e. The molecule has 0 fully saturated rings. The number of aromatic hydroxyl groups is 1. The minimum Gasteiger partial charge on any atom is -0.502 e. The molecule has 9 heteroatoms. The van der Waals surface area contributed by atoms with Gasteiger partial charge < -0.3 is 14.6 Å². The predicted molar refractivity (Wildman–Crippen MR) is 111 cm³/mol. The normalized spacial score (nSPS) is 10.7. The Hall–Kier alpha value is -1.20. The lowest BCUT2D eigenvalue weighted by Crippen LogP contribution is -1.92. The minimum atomic E-state index is -0.426. The fraction of sp³-hybridized carbons (Fsp3) is 0. The van der Waals surface area contributed by atoms with Crippen molar-refractivity contribution in [1.82, 2.24) is 0 Å². The predicted octanol–water partition coefficient (Wildman–Crippen LogP) is 8.90. The van der Waals surface area contributed by atoms with Crippen molar-refractivity contribution in [3.8, 4) is 28.7 Å². The third kappa shape index (κ3) is 4.62. The van der Waals surface area contributed by atoms with E-state index in [1.54, 1.807) is 12.1 Å². The van der Waals surface area contributed by atoms with Crippen LogP contribution in [-0.2, 0) is 0 Å². The van der Waals surface area contributed by atoms with E-state index in [0.29, 0.717) is 10.0 Å². The van der Waals surface area contributed by atoms with E-state index in [4.69, 9.17) is 79.1 Å². The second-order valence-corrected chi connectivity index (χ2v) is 7.70. The largest absolute Gasteiger partial charge is 0.502 e. The van der Waals surface area contributed by atoms with Crippen molar-refractivity contribution in [2.24, 2.45) is 0 Å². The SMILES string of the molecule is Oc1c(Oc2ccc(Cl)cc2Cl)c(Cl)cc(Cl)c1Oc1ccc(Cl)cc1Cl. The molecule has 0 aromatic heterocycles. The summed E-state index contributed by atoms with van der Waals surface area (Å²) < 4.78 is 11.3. The molecule has 140 valence electrons. The van der Waals surface area contributed by atoms with Gasteiger partial charge in [-0.2, -0.15) is 0 Å². The quantitative estimate of drug-likeness (QED) is 0.401. The molecular formula is C18H8Cl6O3. The van der Waals surface area contributed by atoms with E-state index in [0.717, 1.165) is 0 Å². The molecule has 0 saturated carbocycles. The Balaban J connectivity index is 2.02. The molecule has 0 saturated heterocycles. The van der Waals surface area contributed by atoms with E-state index in [9.17, 15) is 5.11 Å². The Morgan fingerprint density at radius 3 is 1.33 bits per heavy atom. The summed E-state index contributed by atoms with van der Waals surface area (Å²) in [5.74, 6) is -0.146. The zero-order valence-electron chi connectivity index (χ0n) is 13.1. The topological polar surface area (TPSA) is 38.7 Å². The van der Waals surface area contributed by atoms with Crippen LogP contribution in [0.15, 0.2) is 42.5 Å².